The smallest absolute Gasteiger partial charge is 0.387 e. The van der Waals surface area contributed by atoms with Crippen molar-refractivity contribution in [2.45, 2.75) is 26.0 Å². The maximum absolute atomic E-state index is 12.5. The minimum atomic E-state index is -2.95. The van der Waals surface area contributed by atoms with E-state index in [2.05, 4.69) is 20.4 Å². The number of nitrogens with one attached hydrogen (secondary N) is 2. The zero-order chi connectivity index (χ0) is 17.5. The third kappa shape index (κ3) is 4.76. The lowest BCUT2D eigenvalue weighted by Crippen LogP contribution is -2.36. The molecule has 8 heteroatoms. The van der Waals surface area contributed by atoms with Crippen molar-refractivity contribution in [3.05, 3.63) is 30.5 Å². The highest BCUT2D eigenvalue weighted by molar-refractivity contribution is 6.02. The van der Waals surface area contributed by atoms with Gasteiger partial charge in [0.05, 0.1) is 5.69 Å². The Morgan fingerprint density at radius 1 is 1.33 bits per heavy atom. The van der Waals surface area contributed by atoms with E-state index in [0.717, 1.165) is 0 Å². The summed E-state index contributed by atoms with van der Waals surface area (Å²) in [5.74, 6) is -0.0416. The number of urea groups is 1. The van der Waals surface area contributed by atoms with Crippen molar-refractivity contribution in [1.82, 2.24) is 10.3 Å². The molecule has 24 heavy (non-hydrogen) atoms. The number of anilines is 1. The highest BCUT2D eigenvalue weighted by atomic mass is 19.3. The van der Waals surface area contributed by atoms with Crippen LogP contribution in [-0.2, 0) is 4.74 Å². The number of carbonyl (C=O) groups is 1. The number of ether oxygens (including phenoxy) is 2. The Morgan fingerprint density at radius 2 is 2.12 bits per heavy atom. The van der Waals surface area contributed by atoms with Gasteiger partial charge in [0.25, 0.3) is 0 Å². The Hall–Kier alpha value is -2.48. The van der Waals surface area contributed by atoms with Gasteiger partial charge in [-0.15, -0.1) is 0 Å². The van der Waals surface area contributed by atoms with Gasteiger partial charge in [-0.2, -0.15) is 8.78 Å². The van der Waals surface area contributed by atoms with Crippen LogP contribution in [0.2, 0.25) is 0 Å². The van der Waals surface area contributed by atoms with Crippen molar-refractivity contribution >= 4 is 22.6 Å². The van der Waals surface area contributed by atoms with Gasteiger partial charge in [0, 0.05) is 31.3 Å². The quantitative estimate of drug-likeness (QED) is 0.811. The van der Waals surface area contributed by atoms with Crippen LogP contribution < -0.4 is 15.4 Å². The lowest BCUT2D eigenvalue weighted by Gasteiger charge is -2.16. The van der Waals surface area contributed by atoms with E-state index in [-0.39, 0.29) is 17.3 Å². The number of methoxy groups -OCH3 is 1. The van der Waals surface area contributed by atoms with Gasteiger partial charge >= 0.3 is 12.6 Å². The molecule has 1 heterocycles. The molecule has 1 aromatic heterocycles. The Kier molecular flexibility index (Phi) is 6.25. The van der Waals surface area contributed by atoms with Crippen molar-refractivity contribution in [2.24, 2.45) is 0 Å². The van der Waals surface area contributed by atoms with E-state index in [4.69, 9.17) is 4.74 Å². The fourth-order valence-corrected chi connectivity index (χ4v) is 2.20. The minimum absolute atomic E-state index is 0.0416. The fourth-order valence-electron chi connectivity index (χ4n) is 2.20. The summed E-state index contributed by atoms with van der Waals surface area (Å²) in [6.07, 6.45) is 2.14. The molecule has 0 saturated heterocycles. The molecule has 2 aromatic rings. The summed E-state index contributed by atoms with van der Waals surface area (Å²) in [6, 6.07) is 5.71. The SMILES string of the molecule is COCCC(C)NC(=O)Nc1ccc(OC(F)F)c2ncccc12. The summed E-state index contributed by atoms with van der Waals surface area (Å²) in [4.78, 5) is 16.1. The molecule has 1 aromatic carbocycles. The lowest BCUT2D eigenvalue weighted by atomic mass is 10.1. The Bertz CT molecular complexity index is 697. The van der Waals surface area contributed by atoms with Gasteiger partial charge in [0.1, 0.15) is 5.52 Å². The number of nitrogens with zero attached hydrogens (tertiary/aromatic N) is 1. The number of hydrogen-bond acceptors (Lipinski definition) is 4. The molecule has 2 amide bonds. The standard InChI is InChI=1S/C16H19F2N3O3/c1-10(7-9-23-2)20-16(22)21-12-5-6-13(24-15(17)18)14-11(12)4-3-8-19-14/h3-6,8,10,15H,7,9H2,1-2H3,(H2,20,21,22). The molecular weight excluding hydrogens is 320 g/mol. The molecule has 0 bridgehead atoms. The summed E-state index contributed by atoms with van der Waals surface area (Å²) in [6.45, 7) is -0.551. The molecule has 0 saturated carbocycles. The average Bonchev–Trinajstić information content (AvgIpc) is 2.54. The van der Waals surface area contributed by atoms with Crippen LogP contribution in [-0.4, -0.2) is 37.4 Å². The lowest BCUT2D eigenvalue weighted by molar-refractivity contribution is -0.0489. The molecule has 0 radical (unpaired) electrons. The van der Waals surface area contributed by atoms with Crippen molar-refractivity contribution in [1.29, 1.82) is 0 Å². The third-order valence-corrected chi connectivity index (χ3v) is 3.33. The fraction of sp³-hybridized carbons (Fsp3) is 0.375. The van der Waals surface area contributed by atoms with Crippen molar-refractivity contribution in [3.8, 4) is 5.75 Å². The van der Waals surface area contributed by atoms with E-state index in [1.165, 1.54) is 18.3 Å². The van der Waals surface area contributed by atoms with Gasteiger partial charge in [-0.25, -0.2) is 4.79 Å². The second kappa shape index (κ2) is 8.39. The van der Waals surface area contributed by atoms with E-state index in [0.29, 0.717) is 24.1 Å². The highest BCUT2D eigenvalue weighted by Gasteiger charge is 2.14. The van der Waals surface area contributed by atoms with Crippen LogP contribution in [0.4, 0.5) is 19.3 Å². The molecule has 1 atom stereocenters. The first-order valence-corrected chi connectivity index (χ1v) is 7.40. The molecule has 0 aliphatic carbocycles. The second-order valence-electron chi connectivity index (χ2n) is 5.17. The van der Waals surface area contributed by atoms with Gasteiger partial charge in [-0.05, 0) is 37.6 Å². The summed E-state index contributed by atoms with van der Waals surface area (Å²) in [5, 5.41) is 5.98. The topological polar surface area (TPSA) is 72.5 Å². The molecule has 2 N–H and O–H groups in total. The summed E-state index contributed by atoms with van der Waals surface area (Å²) in [7, 11) is 1.59. The highest BCUT2D eigenvalue weighted by Crippen LogP contribution is 2.30. The molecular formula is C16H19F2N3O3. The number of amides is 2. The number of benzene rings is 1. The van der Waals surface area contributed by atoms with Crippen LogP contribution in [0.1, 0.15) is 13.3 Å². The van der Waals surface area contributed by atoms with E-state index < -0.39 is 12.6 Å². The van der Waals surface area contributed by atoms with Gasteiger partial charge in [-0.1, -0.05) is 0 Å². The van der Waals surface area contributed by atoms with Crippen molar-refractivity contribution in [2.75, 3.05) is 19.0 Å². The maximum atomic E-state index is 12.5. The molecule has 1 unspecified atom stereocenters. The number of carbonyl (C=O) groups excluding carboxylic acids is 1. The second-order valence-corrected chi connectivity index (χ2v) is 5.17. The van der Waals surface area contributed by atoms with E-state index >= 15 is 0 Å². The normalized spacial score (nSPS) is 12.2. The zero-order valence-corrected chi connectivity index (χ0v) is 13.4. The summed E-state index contributed by atoms with van der Waals surface area (Å²) < 4.78 is 34.3. The first-order chi connectivity index (χ1) is 11.5. The average molecular weight is 339 g/mol. The first-order valence-electron chi connectivity index (χ1n) is 7.40. The predicted octanol–water partition coefficient (Wildman–Crippen LogP) is 3.38. The van der Waals surface area contributed by atoms with Crippen LogP contribution in [0.5, 0.6) is 5.75 Å². The minimum Gasteiger partial charge on any atom is -0.432 e. The maximum Gasteiger partial charge on any atom is 0.387 e. The van der Waals surface area contributed by atoms with Crippen molar-refractivity contribution in [3.63, 3.8) is 0 Å². The zero-order valence-electron chi connectivity index (χ0n) is 13.4. The molecule has 130 valence electrons. The predicted molar refractivity (Wildman–Crippen MR) is 86.5 cm³/mol. The van der Waals surface area contributed by atoms with Gasteiger partial charge < -0.3 is 20.1 Å². The molecule has 2 rings (SSSR count). The Balaban J connectivity index is 2.16. The van der Waals surface area contributed by atoms with Crippen molar-refractivity contribution < 1.29 is 23.0 Å². The van der Waals surface area contributed by atoms with Crippen LogP contribution in [0.15, 0.2) is 30.5 Å². The number of aromatic nitrogens is 1. The first kappa shape index (κ1) is 17.9. The number of alkyl halides is 2. The Labute approximate surface area is 138 Å². The number of pyridine rings is 1. The molecule has 0 aliphatic heterocycles. The van der Waals surface area contributed by atoms with Crippen LogP contribution >= 0.6 is 0 Å². The van der Waals surface area contributed by atoms with E-state index in [1.807, 2.05) is 6.92 Å². The van der Waals surface area contributed by atoms with Crippen LogP contribution in [0, 0.1) is 0 Å². The molecule has 6 nitrogen and oxygen atoms in total. The Morgan fingerprint density at radius 3 is 2.83 bits per heavy atom. The van der Waals surface area contributed by atoms with Gasteiger partial charge in [0.2, 0.25) is 0 Å². The van der Waals surface area contributed by atoms with E-state index in [1.54, 1.807) is 19.2 Å². The van der Waals surface area contributed by atoms with Crippen LogP contribution in [0.3, 0.4) is 0 Å². The monoisotopic (exact) mass is 339 g/mol. The third-order valence-electron chi connectivity index (χ3n) is 3.33. The van der Waals surface area contributed by atoms with Gasteiger partial charge in [0.15, 0.2) is 5.75 Å². The van der Waals surface area contributed by atoms with Crippen LogP contribution in [0.25, 0.3) is 10.9 Å². The number of halogens is 2. The molecule has 0 spiro atoms. The molecule has 0 aliphatic rings. The summed E-state index contributed by atoms with van der Waals surface area (Å²) in [5.41, 5.74) is 0.708. The van der Waals surface area contributed by atoms with E-state index in [9.17, 15) is 13.6 Å². The number of fused-ring (bicyclic) bond motifs is 1. The number of rotatable bonds is 7. The number of hydrogen-bond donors (Lipinski definition) is 2. The summed E-state index contributed by atoms with van der Waals surface area (Å²) >= 11 is 0. The van der Waals surface area contributed by atoms with Gasteiger partial charge in [-0.3, -0.25) is 4.98 Å². The molecule has 0 fully saturated rings. The largest absolute Gasteiger partial charge is 0.432 e.